The van der Waals surface area contributed by atoms with E-state index < -0.39 is 11.6 Å². The zero-order chi connectivity index (χ0) is 13.7. The van der Waals surface area contributed by atoms with Crippen molar-refractivity contribution in [3.8, 4) is 0 Å². The van der Waals surface area contributed by atoms with Crippen LogP contribution >= 0.6 is 0 Å². The van der Waals surface area contributed by atoms with Gasteiger partial charge in [0.1, 0.15) is 23.6 Å². The molecule has 0 aliphatic heterocycles. The topological polar surface area (TPSA) is 40.5 Å². The molecule has 0 amide bonds. The van der Waals surface area contributed by atoms with Crippen molar-refractivity contribution in [3.05, 3.63) is 29.3 Å². The lowest BCUT2D eigenvalue weighted by Crippen LogP contribution is -2.33. The monoisotopic (exact) mass is 257 g/mol. The van der Waals surface area contributed by atoms with Crippen molar-refractivity contribution in [1.82, 2.24) is 0 Å². The smallest absolute Gasteiger partial charge is 0.150 e. The Morgan fingerprint density at radius 1 is 1.33 bits per heavy atom. The van der Waals surface area contributed by atoms with E-state index in [4.69, 9.17) is 5.11 Å². The summed E-state index contributed by atoms with van der Waals surface area (Å²) in [5.74, 6) is -1.52. The molecule has 1 aromatic rings. The zero-order valence-corrected chi connectivity index (χ0v) is 10.5. The van der Waals surface area contributed by atoms with Crippen molar-refractivity contribution in [2.24, 2.45) is 0 Å². The summed E-state index contributed by atoms with van der Waals surface area (Å²) < 4.78 is 27.7. The number of halogens is 2. The number of aliphatic hydroxyl groups is 1. The third-order valence-corrected chi connectivity index (χ3v) is 2.64. The quantitative estimate of drug-likeness (QED) is 0.795. The average molecular weight is 257 g/mol. The van der Waals surface area contributed by atoms with Crippen molar-refractivity contribution < 1.29 is 18.7 Å². The van der Waals surface area contributed by atoms with Crippen molar-refractivity contribution in [2.75, 3.05) is 18.1 Å². The van der Waals surface area contributed by atoms with Gasteiger partial charge in [-0.2, -0.15) is 0 Å². The Morgan fingerprint density at radius 2 is 1.89 bits per heavy atom. The molecule has 0 spiro atoms. The summed E-state index contributed by atoms with van der Waals surface area (Å²) >= 11 is 0. The van der Waals surface area contributed by atoms with Gasteiger partial charge < -0.3 is 10.0 Å². The number of rotatable bonds is 6. The highest BCUT2D eigenvalue weighted by molar-refractivity contribution is 5.76. The summed E-state index contributed by atoms with van der Waals surface area (Å²) in [6, 6.07) is 1.92. The standard InChI is InChI=1S/C13H17F2NO2/c1-9(2)16(4-3-5-17)13-11(14)6-10(8-18)7-12(13)15/h6-9,17H,3-5H2,1-2H3. The van der Waals surface area contributed by atoms with Crippen LogP contribution in [0, 0.1) is 11.6 Å². The van der Waals surface area contributed by atoms with E-state index in [9.17, 15) is 13.6 Å². The van der Waals surface area contributed by atoms with Crippen LogP contribution in [0.2, 0.25) is 0 Å². The van der Waals surface area contributed by atoms with Crippen LogP contribution in [0.4, 0.5) is 14.5 Å². The molecule has 0 aromatic heterocycles. The van der Waals surface area contributed by atoms with E-state index in [-0.39, 0.29) is 23.9 Å². The zero-order valence-electron chi connectivity index (χ0n) is 10.5. The number of carbonyl (C=O) groups is 1. The molecule has 0 fully saturated rings. The SMILES string of the molecule is CC(C)N(CCCO)c1c(F)cc(C=O)cc1F. The maximum atomic E-state index is 13.8. The molecule has 3 nitrogen and oxygen atoms in total. The molecule has 0 atom stereocenters. The van der Waals surface area contributed by atoms with Crippen LogP contribution in [-0.4, -0.2) is 30.6 Å². The Morgan fingerprint density at radius 3 is 2.28 bits per heavy atom. The molecule has 0 aliphatic carbocycles. The van der Waals surface area contributed by atoms with Gasteiger partial charge in [-0.3, -0.25) is 4.79 Å². The van der Waals surface area contributed by atoms with Gasteiger partial charge in [0.25, 0.3) is 0 Å². The van der Waals surface area contributed by atoms with Gasteiger partial charge in [-0.15, -0.1) is 0 Å². The van der Waals surface area contributed by atoms with Crippen molar-refractivity contribution in [2.45, 2.75) is 26.3 Å². The minimum Gasteiger partial charge on any atom is -0.396 e. The summed E-state index contributed by atoms with van der Waals surface area (Å²) in [4.78, 5) is 12.1. The summed E-state index contributed by atoms with van der Waals surface area (Å²) in [5, 5.41) is 8.80. The van der Waals surface area contributed by atoms with Crippen LogP contribution in [-0.2, 0) is 0 Å². The Hall–Kier alpha value is -1.49. The normalized spacial score (nSPS) is 10.8. The number of hydrogen-bond donors (Lipinski definition) is 1. The Balaban J connectivity index is 3.15. The first-order chi connectivity index (χ1) is 8.51. The Labute approximate surface area is 105 Å². The molecular weight excluding hydrogens is 240 g/mol. The van der Waals surface area contributed by atoms with E-state index in [1.165, 1.54) is 4.90 Å². The summed E-state index contributed by atoms with van der Waals surface area (Å²) in [7, 11) is 0. The highest BCUT2D eigenvalue weighted by atomic mass is 19.1. The third-order valence-electron chi connectivity index (χ3n) is 2.64. The maximum absolute atomic E-state index is 13.8. The molecule has 0 saturated heterocycles. The fourth-order valence-corrected chi connectivity index (χ4v) is 1.80. The molecule has 100 valence electrons. The molecule has 0 radical (unpaired) electrons. The van der Waals surface area contributed by atoms with Gasteiger partial charge in [0.05, 0.1) is 0 Å². The predicted octanol–water partition coefficient (Wildman–Crippen LogP) is 2.37. The number of aliphatic hydroxyl groups excluding tert-OH is 1. The van der Waals surface area contributed by atoms with E-state index in [1.54, 1.807) is 0 Å². The van der Waals surface area contributed by atoms with Gasteiger partial charge in [0.15, 0.2) is 0 Å². The van der Waals surface area contributed by atoms with Crippen LogP contribution in [0.15, 0.2) is 12.1 Å². The number of nitrogens with zero attached hydrogens (tertiary/aromatic N) is 1. The minimum absolute atomic E-state index is 0.0281. The highest BCUT2D eigenvalue weighted by Gasteiger charge is 2.20. The molecule has 1 rings (SSSR count). The van der Waals surface area contributed by atoms with Crippen LogP contribution in [0.25, 0.3) is 0 Å². The van der Waals surface area contributed by atoms with Crippen molar-refractivity contribution in [1.29, 1.82) is 0 Å². The van der Waals surface area contributed by atoms with E-state index in [1.807, 2.05) is 13.8 Å². The summed E-state index contributed by atoms with van der Waals surface area (Å²) in [6.07, 6.45) is 0.829. The van der Waals surface area contributed by atoms with Gasteiger partial charge >= 0.3 is 0 Å². The molecule has 1 N–H and O–H groups in total. The number of benzene rings is 1. The second-order valence-electron chi connectivity index (χ2n) is 4.32. The fourth-order valence-electron chi connectivity index (χ4n) is 1.80. The largest absolute Gasteiger partial charge is 0.396 e. The first-order valence-electron chi connectivity index (χ1n) is 5.83. The van der Waals surface area contributed by atoms with Crippen LogP contribution < -0.4 is 4.90 Å². The lowest BCUT2D eigenvalue weighted by Gasteiger charge is -2.29. The average Bonchev–Trinajstić information content (AvgIpc) is 2.31. The molecule has 1 aromatic carbocycles. The molecule has 0 bridgehead atoms. The molecule has 5 heteroatoms. The summed E-state index contributed by atoms with van der Waals surface area (Å²) in [6.45, 7) is 3.93. The Kier molecular flexibility index (Phi) is 5.22. The van der Waals surface area contributed by atoms with Gasteiger partial charge in [0.2, 0.25) is 0 Å². The van der Waals surface area contributed by atoms with E-state index in [2.05, 4.69) is 0 Å². The minimum atomic E-state index is -0.760. The molecule has 18 heavy (non-hydrogen) atoms. The molecular formula is C13H17F2NO2. The van der Waals surface area contributed by atoms with Gasteiger partial charge in [0, 0.05) is 24.8 Å². The molecule has 0 heterocycles. The lowest BCUT2D eigenvalue weighted by molar-refractivity contribution is 0.112. The number of aldehydes is 1. The number of carbonyl (C=O) groups excluding carboxylic acids is 1. The Bertz CT molecular complexity index is 398. The lowest BCUT2D eigenvalue weighted by atomic mass is 10.1. The van der Waals surface area contributed by atoms with E-state index in [0.717, 1.165) is 12.1 Å². The molecule has 0 aliphatic rings. The first kappa shape index (κ1) is 14.6. The number of anilines is 1. The van der Waals surface area contributed by atoms with Crippen LogP contribution in [0.3, 0.4) is 0 Å². The second kappa shape index (κ2) is 6.44. The predicted molar refractivity (Wildman–Crippen MR) is 65.9 cm³/mol. The third kappa shape index (κ3) is 3.26. The maximum Gasteiger partial charge on any atom is 0.150 e. The van der Waals surface area contributed by atoms with Gasteiger partial charge in [-0.1, -0.05) is 0 Å². The number of hydrogen-bond acceptors (Lipinski definition) is 3. The molecule has 0 unspecified atom stereocenters. The van der Waals surface area contributed by atoms with Gasteiger partial charge in [-0.25, -0.2) is 8.78 Å². The van der Waals surface area contributed by atoms with Crippen molar-refractivity contribution in [3.63, 3.8) is 0 Å². The summed E-state index contributed by atoms with van der Waals surface area (Å²) in [5.41, 5.74) is -0.177. The van der Waals surface area contributed by atoms with Crippen molar-refractivity contribution >= 4 is 12.0 Å². The van der Waals surface area contributed by atoms with Gasteiger partial charge in [-0.05, 0) is 32.4 Å². The van der Waals surface area contributed by atoms with Crippen LogP contribution in [0.1, 0.15) is 30.6 Å². The van der Waals surface area contributed by atoms with E-state index in [0.29, 0.717) is 19.3 Å². The second-order valence-corrected chi connectivity index (χ2v) is 4.32. The molecule has 0 saturated carbocycles. The fraction of sp³-hybridized carbons (Fsp3) is 0.462. The van der Waals surface area contributed by atoms with Crippen LogP contribution in [0.5, 0.6) is 0 Å². The highest BCUT2D eigenvalue weighted by Crippen LogP contribution is 2.26. The van der Waals surface area contributed by atoms with E-state index >= 15 is 0 Å². The first-order valence-corrected chi connectivity index (χ1v) is 5.83.